The summed E-state index contributed by atoms with van der Waals surface area (Å²) in [6, 6.07) is 19.3. The number of aromatic nitrogens is 2. The molecule has 27 heavy (non-hydrogen) atoms. The first-order chi connectivity index (χ1) is 13.0. The largest absolute Gasteiger partial charge is 0.378 e. The second kappa shape index (κ2) is 8.31. The average Bonchev–Trinajstić information content (AvgIpc) is 2.69. The van der Waals surface area contributed by atoms with Crippen LogP contribution in [0.3, 0.4) is 0 Å². The van der Waals surface area contributed by atoms with Crippen LogP contribution in [-0.2, 0) is 6.54 Å². The molecule has 0 saturated carbocycles. The van der Waals surface area contributed by atoms with Crippen LogP contribution in [-0.4, -0.2) is 37.0 Å². The van der Waals surface area contributed by atoms with Gasteiger partial charge in [-0.1, -0.05) is 30.3 Å². The monoisotopic (exact) mass is 361 g/mol. The maximum Gasteiger partial charge on any atom is 0.274 e. The maximum atomic E-state index is 12.5. The summed E-state index contributed by atoms with van der Waals surface area (Å²) in [5, 5.41) is 2.87. The van der Waals surface area contributed by atoms with Crippen molar-refractivity contribution in [3.8, 4) is 0 Å². The van der Waals surface area contributed by atoms with Crippen molar-refractivity contribution >= 4 is 23.2 Å². The molecule has 1 amide bonds. The SMILES string of the molecule is CN(C)c1ccc(NC(=O)c2ccnc(N(C)Cc3ccccc3)n2)cc1. The Bertz CT molecular complexity index is 894. The van der Waals surface area contributed by atoms with Crippen LogP contribution in [0.1, 0.15) is 16.1 Å². The lowest BCUT2D eigenvalue weighted by atomic mass is 10.2. The molecule has 1 N–H and O–H groups in total. The van der Waals surface area contributed by atoms with E-state index in [1.165, 1.54) is 0 Å². The van der Waals surface area contributed by atoms with E-state index in [-0.39, 0.29) is 5.91 Å². The van der Waals surface area contributed by atoms with Gasteiger partial charge in [0.15, 0.2) is 0 Å². The Morgan fingerprint density at radius 3 is 2.33 bits per heavy atom. The lowest BCUT2D eigenvalue weighted by Crippen LogP contribution is -2.21. The lowest BCUT2D eigenvalue weighted by Gasteiger charge is -2.17. The van der Waals surface area contributed by atoms with Crippen LogP contribution < -0.4 is 15.1 Å². The highest BCUT2D eigenvalue weighted by Gasteiger charge is 2.12. The highest BCUT2D eigenvalue weighted by Crippen LogP contribution is 2.17. The van der Waals surface area contributed by atoms with E-state index in [0.717, 1.165) is 16.9 Å². The number of hydrogen-bond acceptors (Lipinski definition) is 5. The molecule has 0 aliphatic rings. The molecule has 6 heteroatoms. The average molecular weight is 361 g/mol. The first kappa shape index (κ1) is 18.4. The lowest BCUT2D eigenvalue weighted by molar-refractivity contribution is 0.102. The van der Waals surface area contributed by atoms with Gasteiger partial charge < -0.3 is 15.1 Å². The van der Waals surface area contributed by atoms with E-state index in [4.69, 9.17) is 0 Å². The molecule has 138 valence electrons. The highest BCUT2D eigenvalue weighted by atomic mass is 16.1. The Hall–Kier alpha value is -3.41. The standard InChI is InChI=1S/C21H23N5O/c1-25(2)18-11-9-17(10-12-18)23-20(27)19-13-14-22-21(24-19)26(3)15-16-7-5-4-6-8-16/h4-14H,15H2,1-3H3,(H,23,27). The third-order valence-corrected chi connectivity index (χ3v) is 4.12. The minimum atomic E-state index is -0.260. The first-order valence-corrected chi connectivity index (χ1v) is 8.70. The topological polar surface area (TPSA) is 61.4 Å². The van der Waals surface area contributed by atoms with E-state index >= 15 is 0 Å². The Labute approximate surface area is 159 Å². The number of hydrogen-bond donors (Lipinski definition) is 1. The number of carbonyl (C=O) groups excluding carboxylic acids is 1. The summed E-state index contributed by atoms with van der Waals surface area (Å²) < 4.78 is 0. The van der Waals surface area contributed by atoms with Crippen molar-refractivity contribution in [1.82, 2.24) is 9.97 Å². The summed E-state index contributed by atoms with van der Waals surface area (Å²) in [5.41, 5.74) is 3.28. The molecular formula is C21H23N5O. The van der Waals surface area contributed by atoms with E-state index in [9.17, 15) is 4.79 Å². The number of benzene rings is 2. The molecule has 1 heterocycles. The van der Waals surface area contributed by atoms with Crippen LogP contribution in [0, 0.1) is 0 Å². The van der Waals surface area contributed by atoms with Gasteiger partial charge in [-0.05, 0) is 35.9 Å². The van der Waals surface area contributed by atoms with Crippen molar-refractivity contribution in [1.29, 1.82) is 0 Å². The summed E-state index contributed by atoms with van der Waals surface area (Å²) in [6.45, 7) is 0.665. The fraction of sp³-hybridized carbons (Fsp3) is 0.190. The molecule has 3 aromatic rings. The molecule has 0 aliphatic heterocycles. The number of nitrogens with zero attached hydrogens (tertiary/aromatic N) is 4. The van der Waals surface area contributed by atoms with Gasteiger partial charge in [0.05, 0.1) is 0 Å². The minimum absolute atomic E-state index is 0.260. The number of rotatable bonds is 6. The zero-order valence-corrected chi connectivity index (χ0v) is 15.8. The van der Waals surface area contributed by atoms with Crippen molar-refractivity contribution < 1.29 is 4.79 Å². The molecule has 0 fully saturated rings. The zero-order chi connectivity index (χ0) is 19.2. The van der Waals surface area contributed by atoms with Crippen molar-refractivity contribution in [3.05, 3.63) is 78.1 Å². The van der Waals surface area contributed by atoms with Crippen molar-refractivity contribution in [2.45, 2.75) is 6.54 Å². The van der Waals surface area contributed by atoms with E-state index in [0.29, 0.717) is 18.2 Å². The molecule has 0 atom stereocenters. The third kappa shape index (κ3) is 4.82. The van der Waals surface area contributed by atoms with Crippen LogP contribution in [0.4, 0.5) is 17.3 Å². The number of anilines is 3. The fourth-order valence-electron chi connectivity index (χ4n) is 2.62. The third-order valence-electron chi connectivity index (χ3n) is 4.12. The predicted molar refractivity (Wildman–Crippen MR) is 109 cm³/mol. The molecule has 3 rings (SSSR count). The van der Waals surface area contributed by atoms with Crippen molar-refractivity contribution in [3.63, 3.8) is 0 Å². The van der Waals surface area contributed by atoms with Crippen LogP contribution in [0.5, 0.6) is 0 Å². The van der Waals surface area contributed by atoms with Crippen molar-refractivity contribution in [2.75, 3.05) is 36.3 Å². The first-order valence-electron chi connectivity index (χ1n) is 8.70. The summed E-state index contributed by atoms with van der Waals surface area (Å²) in [5.74, 6) is 0.249. The molecule has 0 saturated heterocycles. The van der Waals surface area contributed by atoms with Gasteiger partial charge in [-0.2, -0.15) is 0 Å². The molecule has 1 aromatic heterocycles. The quantitative estimate of drug-likeness (QED) is 0.729. The van der Waals surface area contributed by atoms with E-state index in [1.54, 1.807) is 12.3 Å². The molecule has 0 radical (unpaired) electrons. The molecular weight excluding hydrogens is 338 g/mol. The van der Waals surface area contributed by atoms with Gasteiger partial charge in [0.25, 0.3) is 5.91 Å². The maximum absolute atomic E-state index is 12.5. The second-order valence-electron chi connectivity index (χ2n) is 6.48. The summed E-state index contributed by atoms with van der Waals surface area (Å²) in [7, 11) is 5.86. The van der Waals surface area contributed by atoms with Gasteiger partial charge in [0.1, 0.15) is 5.69 Å². The smallest absolute Gasteiger partial charge is 0.274 e. The Morgan fingerprint density at radius 2 is 1.67 bits per heavy atom. The van der Waals surface area contributed by atoms with Crippen LogP contribution >= 0.6 is 0 Å². The number of nitrogens with one attached hydrogen (secondary N) is 1. The Balaban J connectivity index is 1.69. The molecule has 0 spiro atoms. The van der Waals surface area contributed by atoms with Crippen LogP contribution in [0.2, 0.25) is 0 Å². The summed E-state index contributed by atoms with van der Waals surface area (Å²) in [6.07, 6.45) is 1.61. The summed E-state index contributed by atoms with van der Waals surface area (Å²) in [4.78, 5) is 25.1. The van der Waals surface area contributed by atoms with E-state index in [1.807, 2.05) is 85.5 Å². The Morgan fingerprint density at radius 1 is 0.963 bits per heavy atom. The predicted octanol–water partition coefficient (Wildman–Crippen LogP) is 3.43. The van der Waals surface area contributed by atoms with Gasteiger partial charge in [-0.15, -0.1) is 0 Å². The zero-order valence-electron chi connectivity index (χ0n) is 15.8. The number of amides is 1. The molecule has 2 aromatic carbocycles. The van der Waals surface area contributed by atoms with E-state index in [2.05, 4.69) is 15.3 Å². The van der Waals surface area contributed by atoms with Gasteiger partial charge in [0, 0.05) is 45.3 Å². The number of carbonyl (C=O) groups is 1. The Kier molecular flexibility index (Phi) is 5.66. The molecule has 0 unspecified atom stereocenters. The fourth-order valence-corrected chi connectivity index (χ4v) is 2.62. The van der Waals surface area contributed by atoms with Crippen LogP contribution in [0.15, 0.2) is 66.9 Å². The summed E-state index contributed by atoms with van der Waals surface area (Å²) >= 11 is 0. The molecule has 0 aliphatic carbocycles. The van der Waals surface area contributed by atoms with E-state index < -0.39 is 0 Å². The minimum Gasteiger partial charge on any atom is -0.378 e. The van der Waals surface area contributed by atoms with Crippen molar-refractivity contribution in [2.24, 2.45) is 0 Å². The van der Waals surface area contributed by atoms with Gasteiger partial charge in [-0.25, -0.2) is 9.97 Å². The van der Waals surface area contributed by atoms with Gasteiger partial charge in [-0.3, -0.25) is 4.79 Å². The van der Waals surface area contributed by atoms with Gasteiger partial charge >= 0.3 is 0 Å². The highest BCUT2D eigenvalue weighted by molar-refractivity contribution is 6.03. The van der Waals surface area contributed by atoms with Crippen LogP contribution in [0.25, 0.3) is 0 Å². The van der Waals surface area contributed by atoms with Gasteiger partial charge in [0.2, 0.25) is 5.95 Å². The second-order valence-corrected chi connectivity index (χ2v) is 6.48. The molecule has 6 nitrogen and oxygen atoms in total. The normalized spacial score (nSPS) is 10.3. The molecule has 0 bridgehead atoms.